The van der Waals surface area contributed by atoms with E-state index in [2.05, 4.69) is 4.98 Å². The van der Waals surface area contributed by atoms with Crippen molar-refractivity contribution in [1.82, 2.24) is 9.88 Å². The Kier molecular flexibility index (Phi) is 4.20. The lowest BCUT2D eigenvalue weighted by molar-refractivity contribution is 0.0779. The average Bonchev–Trinajstić information content (AvgIpc) is 2.46. The highest BCUT2D eigenvalue weighted by Gasteiger charge is 2.13. The summed E-state index contributed by atoms with van der Waals surface area (Å²) in [6, 6.07) is 12.6. The molecule has 2 rings (SSSR count). The van der Waals surface area contributed by atoms with Gasteiger partial charge >= 0.3 is 0 Å². The van der Waals surface area contributed by atoms with Crippen LogP contribution in [0.5, 0.6) is 5.75 Å². The maximum absolute atomic E-state index is 12.2. The molecule has 5 heteroatoms. The predicted molar refractivity (Wildman–Crippen MR) is 77.4 cm³/mol. The minimum absolute atomic E-state index is 0.167. The molecule has 20 heavy (non-hydrogen) atoms. The molecule has 2 aromatic rings. The molecule has 0 aliphatic carbocycles. The summed E-state index contributed by atoms with van der Waals surface area (Å²) in [6.07, 6.45) is 0. The Bertz CT molecular complexity index is 614. The van der Waals surface area contributed by atoms with Crippen molar-refractivity contribution in [3.05, 3.63) is 53.7 Å². The molecule has 1 amide bonds. The molecule has 2 N–H and O–H groups in total. The van der Waals surface area contributed by atoms with Crippen molar-refractivity contribution in [2.75, 3.05) is 19.9 Å². The first-order chi connectivity index (χ1) is 9.60. The zero-order chi connectivity index (χ0) is 14.5. The Morgan fingerprint density at radius 1 is 1.30 bits per heavy atom. The predicted octanol–water partition coefficient (Wildman–Crippen LogP) is 1.94. The molecular weight excluding hydrogens is 254 g/mol. The van der Waals surface area contributed by atoms with Crippen molar-refractivity contribution in [1.29, 1.82) is 0 Å². The van der Waals surface area contributed by atoms with Crippen LogP contribution in [-0.2, 0) is 6.54 Å². The lowest BCUT2D eigenvalue weighted by atomic mass is 10.2. The van der Waals surface area contributed by atoms with E-state index < -0.39 is 0 Å². The number of nitrogen functional groups attached to an aromatic ring is 1. The van der Waals surface area contributed by atoms with Crippen molar-refractivity contribution in [3.63, 3.8) is 0 Å². The van der Waals surface area contributed by atoms with E-state index in [0.29, 0.717) is 18.1 Å². The van der Waals surface area contributed by atoms with Crippen LogP contribution in [0.15, 0.2) is 42.5 Å². The largest absolute Gasteiger partial charge is 0.497 e. The zero-order valence-corrected chi connectivity index (χ0v) is 11.5. The molecule has 0 unspecified atom stereocenters. The van der Waals surface area contributed by atoms with E-state index in [1.54, 1.807) is 37.3 Å². The van der Waals surface area contributed by atoms with Gasteiger partial charge in [0, 0.05) is 13.6 Å². The number of hydrogen-bond donors (Lipinski definition) is 1. The molecule has 1 aromatic heterocycles. The Hall–Kier alpha value is -2.56. The molecule has 0 atom stereocenters. The Morgan fingerprint density at radius 2 is 2.05 bits per heavy atom. The lowest BCUT2D eigenvalue weighted by Gasteiger charge is -2.17. The van der Waals surface area contributed by atoms with Crippen LogP contribution in [0.2, 0.25) is 0 Å². The van der Waals surface area contributed by atoms with E-state index >= 15 is 0 Å². The Balaban J connectivity index is 2.11. The number of amides is 1. The van der Waals surface area contributed by atoms with Crippen LogP contribution in [0.4, 0.5) is 5.82 Å². The topological polar surface area (TPSA) is 68.5 Å². The summed E-state index contributed by atoms with van der Waals surface area (Å²) in [6.45, 7) is 0.479. The molecule has 104 valence electrons. The number of hydrogen-bond acceptors (Lipinski definition) is 4. The molecule has 0 aliphatic heterocycles. The van der Waals surface area contributed by atoms with Crippen molar-refractivity contribution >= 4 is 11.7 Å². The van der Waals surface area contributed by atoms with E-state index in [0.717, 1.165) is 11.3 Å². The number of pyridine rings is 1. The number of anilines is 1. The van der Waals surface area contributed by atoms with Gasteiger partial charge in [-0.1, -0.05) is 18.2 Å². The van der Waals surface area contributed by atoms with Crippen molar-refractivity contribution in [2.24, 2.45) is 0 Å². The van der Waals surface area contributed by atoms with Gasteiger partial charge in [-0.05, 0) is 29.8 Å². The van der Waals surface area contributed by atoms with Crippen molar-refractivity contribution in [2.45, 2.75) is 6.54 Å². The molecule has 0 radical (unpaired) electrons. The number of carbonyl (C=O) groups is 1. The number of aromatic nitrogens is 1. The SMILES string of the molecule is COc1cccc(CN(C)C(=O)c2cccc(N)n2)c1. The third-order valence-electron chi connectivity index (χ3n) is 2.89. The minimum atomic E-state index is -0.167. The fraction of sp³-hybridized carbons (Fsp3) is 0.200. The first-order valence-corrected chi connectivity index (χ1v) is 6.21. The van der Waals surface area contributed by atoms with Gasteiger partial charge in [0.2, 0.25) is 0 Å². The standard InChI is InChI=1S/C15H17N3O2/c1-18(10-11-5-3-6-12(9-11)20-2)15(19)13-7-4-8-14(16)17-13/h3-9H,10H2,1-2H3,(H2,16,17). The van der Waals surface area contributed by atoms with Crippen LogP contribution in [0.1, 0.15) is 16.1 Å². The summed E-state index contributed by atoms with van der Waals surface area (Å²) in [4.78, 5) is 17.9. The second-order valence-electron chi connectivity index (χ2n) is 4.46. The molecule has 0 fully saturated rings. The monoisotopic (exact) mass is 271 g/mol. The number of nitrogens with two attached hydrogens (primary N) is 1. The number of benzene rings is 1. The first-order valence-electron chi connectivity index (χ1n) is 6.21. The number of carbonyl (C=O) groups excluding carboxylic acids is 1. The first kappa shape index (κ1) is 13.9. The van der Waals surface area contributed by atoms with Gasteiger partial charge in [-0.2, -0.15) is 0 Å². The van der Waals surface area contributed by atoms with Gasteiger partial charge in [0.25, 0.3) is 5.91 Å². The molecule has 0 bridgehead atoms. The van der Waals surface area contributed by atoms with Gasteiger partial charge in [0.05, 0.1) is 7.11 Å². The van der Waals surface area contributed by atoms with Crippen LogP contribution >= 0.6 is 0 Å². The van der Waals surface area contributed by atoms with E-state index in [1.807, 2.05) is 24.3 Å². The van der Waals surface area contributed by atoms with Gasteiger partial charge in [-0.15, -0.1) is 0 Å². The van der Waals surface area contributed by atoms with E-state index in [-0.39, 0.29) is 5.91 Å². The third-order valence-corrected chi connectivity index (χ3v) is 2.89. The number of nitrogens with zero attached hydrogens (tertiary/aromatic N) is 2. The molecule has 5 nitrogen and oxygen atoms in total. The number of rotatable bonds is 4. The molecule has 0 spiro atoms. The summed E-state index contributed by atoms with van der Waals surface area (Å²) in [5, 5.41) is 0. The van der Waals surface area contributed by atoms with Crippen LogP contribution < -0.4 is 10.5 Å². The van der Waals surface area contributed by atoms with Gasteiger partial charge in [0.1, 0.15) is 17.3 Å². The normalized spacial score (nSPS) is 10.1. The molecule has 0 saturated heterocycles. The smallest absolute Gasteiger partial charge is 0.272 e. The summed E-state index contributed by atoms with van der Waals surface area (Å²) in [5.41, 5.74) is 6.92. The molecule has 1 heterocycles. The van der Waals surface area contributed by atoms with Crippen LogP contribution in [-0.4, -0.2) is 29.9 Å². The summed E-state index contributed by atoms with van der Waals surface area (Å²) < 4.78 is 5.16. The van der Waals surface area contributed by atoms with Crippen molar-refractivity contribution in [3.8, 4) is 5.75 Å². The summed E-state index contributed by atoms with van der Waals surface area (Å²) in [5.74, 6) is 0.941. The maximum atomic E-state index is 12.2. The van der Waals surface area contributed by atoms with Gasteiger partial charge in [-0.25, -0.2) is 4.98 Å². The fourth-order valence-electron chi connectivity index (χ4n) is 1.88. The molecular formula is C15H17N3O2. The van der Waals surface area contributed by atoms with Crippen LogP contribution in [0, 0.1) is 0 Å². The van der Waals surface area contributed by atoms with E-state index in [4.69, 9.17) is 10.5 Å². The highest BCUT2D eigenvalue weighted by molar-refractivity contribution is 5.92. The van der Waals surface area contributed by atoms with Gasteiger partial charge < -0.3 is 15.4 Å². The third kappa shape index (κ3) is 3.26. The molecule has 1 aromatic carbocycles. The summed E-state index contributed by atoms with van der Waals surface area (Å²) in [7, 11) is 3.34. The lowest BCUT2D eigenvalue weighted by Crippen LogP contribution is -2.27. The van der Waals surface area contributed by atoms with E-state index in [9.17, 15) is 4.79 Å². The Morgan fingerprint density at radius 3 is 2.75 bits per heavy atom. The quantitative estimate of drug-likeness (QED) is 0.922. The average molecular weight is 271 g/mol. The second kappa shape index (κ2) is 6.06. The molecule has 0 aliphatic rings. The fourth-order valence-corrected chi connectivity index (χ4v) is 1.88. The Labute approximate surface area is 118 Å². The number of methoxy groups -OCH3 is 1. The minimum Gasteiger partial charge on any atom is -0.497 e. The van der Waals surface area contributed by atoms with Gasteiger partial charge in [-0.3, -0.25) is 4.79 Å². The zero-order valence-electron chi connectivity index (χ0n) is 11.5. The molecule has 0 saturated carbocycles. The van der Waals surface area contributed by atoms with Crippen LogP contribution in [0.25, 0.3) is 0 Å². The second-order valence-corrected chi connectivity index (χ2v) is 4.46. The van der Waals surface area contributed by atoms with Gasteiger partial charge in [0.15, 0.2) is 0 Å². The summed E-state index contributed by atoms with van der Waals surface area (Å²) >= 11 is 0. The van der Waals surface area contributed by atoms with Crippen LogP contribution in [0.3, 0.4) is 0 Å². The maximum Gasteiger partial charge on any atom is 0.272 e. The highest BCUT2D eigenvalue weighted by atomic mass is 16.5. The highest BCUT2D eigenvalue weighted by Crippen LogP contribution is 2.14. The van der Waals surface area contributed by atoms with Crippen molar-refractivity contribution < 1.29 is 9.53 Å². The number of ether oxygens (including phenoxy) is 1. The van der Waals surface area contributed by atoms with E-state index in [1.165, 1.54) is 0 Å².